The predicted octanol–water partition coefficient (Wildman–Crippen LogP) is 4.23. The van der Waals surface area contributed by atoms with Crippen LogP contribution in [0.5, 0.6) is 0 Å². The molecule has 0 saturated carbocycles. The highest BCUT2D eigenvalue weighted by Crippen LogP contribution is 2.41. The van der Waals surface area contributed by atoms with Gasteiger partial charge in [0.25, 0.3) is 11.7 Å². The maximum absolute atomic E-state index is 13.0. The number of carbonyl (C=O) groups excluding carboxylic acids is 2. The summed E-state index contributed by atoms with van der Waals surface area (Å²) in [6.45, 7) is 0. The smallest absolute Gasteiger partial charge is 0.300 e. The molecule has 3 aromatic rings. The van der Waals surface area contributed by atoms with Crippen molar-refractivity contribution in [3.05, 3.63) is 100 Å². The zero-order valence-electron chi connectivity index (χ0n) is 15.5. The molecule has 1 amide bonds. The fourth-order valence-corrected chi connectivity index (χ4v) is 3.54. The van der Waals surface area contributed by atoms with E-state index in [0.717, 1.165) is 0 Å². The van der Waals surface area contributed by atoms with Gasteiger partial charge in [-0.1, -0.05) is 17.7 Å². The largest absolute Gasteiger partial charge is 0.507 e. The molecule has 1 aliphatic rings. The Hall–Kier alpha value is -3.95. The van der Waals surface area contributed by atoms with E-state index in [4.69, 9.17) is 16.9 Å². The first kappa shape index (κ1) is 19.4. The highest BCUT2D eigenvalue weighted by atomic mass is 35.5. The second-order valence-corrected chi connectivity index (χ2v) is 7.06. The number of pyridine rings is 1. The highest BCUT2D eigenvalue weighted by molar-refractivity contribution is 6.51. The lowest BCUT2D eigenvalue weighted by atomic mass is 9.96. The number of aliphatic hydroxyl groups is 1. The first-order valence-corrected chi connectivity index (χ1v) is 9.36. The summed E-state index contributed by atoms with van der Waals surface area (Å²) in [4.78, 5) is 31.3. The molecule has 1 aromatic heterocycles. The van der Waals surface area contributed by atoms with Crippen LogP contribution in [0, 0.1) is 11.3 Å². The second-order valence-electron chi connectivity index (χ2n) is 6.62. The van der Waals surface area contributed by atoms with Crippen LogP contribution >= 0.6 is 11.6 Å². The first-order valence-electron chi connectivity index (χ1n) is 8.98. The van der Waals surface area contributed by atoms with Crippen molar-refractivity contribution in [2.75, 3.05) is 4.90 Å². The number of hydrogen-bond acceptors (Lipinski definition) is 5. The van der Waals surface area contributed by atoms with Crippen LogP contribution < -0.4 is 4.90 Å². The van der Waals surface area contributed by atoms with Crippen LogP contribution in [-0.4, -0.2) is 21.8 Å². The van der Waals surface area contributed by atoms with E-state index < -0.39 is 17.7 Å². The van der Waals surface area contributed by atoms with Crippen molar-refractivity contribution in [3.63, 3.8) is 0 Å². The third kappa shape index (κ3) is 3.32. The van der Waals surface area contributed by atoms with Gasteiger partial charge in [-0.3, -0.25) is 19.5 Å². The number of aromatic nitrogens is 1. The summed E-state index contributed by atoms with van der Waals surface area (Å²) in [6, 6.07) is 17.2. The number of rotatable bonds is 3. The normalized spacial score (nSPS) is 17.7. The minimum absolute atomic E-state index is 0.0420. The molecule has 2 aromatic carbocycles. The number of aliphatic hydroxyl groups excluding tert-OH is 1. The van der Waals surface area contributed by atoms with E-state index in [2.05, 4.69) is 4.98 Å². The predicted molar refractivity (Wildman–Crippen MR) is 112 cm³/mol. The standard InChI is InChI=1S/C23H14ClN3O3/c24-17-7-5-15(6-8-17)21(28)19-20(16-2-1-11-26-13-16)27(23(30)22(19)29)18-9-3-14(12-25)4-10-18/h1-11,13,20,28H/b21-19-. The van der Waals surface area contributed by atoms with Gasteiger partial charge in [-0.2, -0.15) is 5.26 Å². The number of Topliss-reactive ketones (excluding diaryl/α,β-unsaturated/α-hetero) is 1. The van der Waals surface area contributed by atoms with Crippen LogP contribution in [0.4, 0.5) is 5.69 Å². The van der Waals surface area contributed by atoms with Crippen molar-refractivity contribution in [1.82, 2.24) is 4.98 Å². The van der Waals surface area contributed by atoms with Crippen molar-refractivity contribution >= 4 is 34.7 Å². The molecule has 0 aliphatic carbocycles. The Morgan fingerprint density at radius 2 is 1.77 bits per heavy atom. The summed E-state index contributed by atoms with van der Waals surface area (Å²) in [6.07, 6.45) is 3.12. The molecule has 0 spiro atoms. The Morgan fingerprint density at radius 1 is 1.07 bits per heavy atom. The summed E-state index contributed by atoms with van der Waals surface area (Å²) in [5.74, 6) is -1.88. The molecule has 0 radical (unpaired) electrons. The van der Waals surface area contributed by atoms with E-state index in [1.165, 1.54) is 4.90 Å². The van der Waals surface area contributed by atoms with Crippen molar-refractivity contribution in [3.8, 4) is 6.07 Å². The second kappa shape index (κ2) is 7.82. The SMILES string of the molecule is N#Cc1ccc(N2C(=O)C(=O)/C(=C(\O)c3ccc(Cl)cc3)C2c2cccnc2)cc1. The van der Waals surface area contributed by atoms with Gasteiger partial charge in [-0.05, 0) is 60.2 Å². The molecule has 7 heteroatoms. The number of benzene rings is 2. The van der Waals surface area contributed by atoms with Gasteiger partial charge in [0.15, 0.2) is 0 Å². The molecule has 30 heavy (non-hydrogen) atoms. The number of amides is 1. The maximum atomic E-state index is 13.0. The molecule has 4 rings (SSSR count). The molecule has 2 heterocycles. The van der Waals surface area contributed by atoms with E-state index in [-0.39, 0.29) is 11.3 Å². The maximum Gasteiger partial charge on any atom is 0.300 e. The highest BCUT2D eigenvalue weighted by Gasteiger charge is 2.47. The quantitative estimate of drug-likeness (QED) is 0.392. The topological polar surface area (TPSA) is 94.3 Å². The zero-order valence-corrected chi connectivity index (χ0v) is 16.2. The molecule has 6 nitrogen and oxygen atoms in total. The van der Waals surface area contributed by atoms with Gasteiger partial charge in [0.05, 0.1) is 23.2 Å². The summed E-state index contributed by atoms with van der Waals surface area (Å²) in [5.41, 5.74) is 1.75. The minimum atomic E-state index is -0.873. The molecular formula is C23H14ClN3O3. The Balaban J connectivity index is 1.92. The zero-order chi connectivity index (χ0) is 21.3. The number of hydrogen-bond donors (Lipinski definition) is 1. The number of nitriles is 1. The van der Waals surface area contributed by atoms with E-state index in [9.17, 15) is 14.7 Å². The Labute approximate surface area is 177 Å². The van der Waals surface area contributed by atoms with Gasteiger partial charge in [-0.25, -0.2) is 0 Å². The molecule has 1 fully saturated rings. The van der Waals surface area contributed by atoms with Crippen molar-refractivity contribution in [1.29, 1.82) is 5.26 Å². The molecule has 1 atom stereocenters. The number of halogens is 1. The van der Waals surface area contributed by atoms with Crippen LogP contribution in [-0.2, 0) is 9.59 Å². The van der Waals surface area contributed by atoms with Crippen molar-refractivity contribution < 1.29 is 14.7 Å². The summed E-state index contributed by atoms with van der Waals surface area (Å²) < 4.78 is 0. The molecule has 1 saturated heterocycles. The van der Waals surface area contributed by atoms with Gasteiger partial charge in [0.1, 0.15) is 5.76 Å². The number of anilines is 1. The van der Waals surface area contributed by atoms with Gasteiger partial charge < -0.3 is 5.11 Å². The van der Waals surface area contributed by atoms with Crippen LogP contribution in [0.3, 0.4) is 0 Å². The van der Waals surface area contributed by atoms with E-state index in [1.54, 1.807) is 73.1 Å². The fraction of sp³-hybridized carbons (Fsp3) is 0.0435. The van der Waals surface area contributed by atoms with Crippen LogP contribution in [0.25, 0.3) is 5.76 Å². The summed E-state index contributed by atoms with van der Waals surface area (Å²) in [5, 5.41) is 20.5. The lowest BCUT2D eigenvalue weighted by Gasteiger charge is -2.25. The summed E-state index contributed by atoms with van der Waals surface area (Å²) in [7, 11) is 0. The van der Waals surface area contributed by atoms with Gasteiger partial charge in [0.2, 0.25) is 0 Å². The third-order valence-corrected chi connectivity index (χ3v) is 5.09. The molecule has 1 unspecified atom stereocenters. The minimum Gasteiger partial charge on any atom is -0.507 e. The average Bonchev–Trinajstić information content (AvgIpc) is 3.05. The number of carbonyl (C=O) groups is 2. The van der Waals surface area contributed by atoms with Crippen LogP contribution in [0.2, 0.25) is 5.02 Å². The monoisotopic (exact) mass is 415 g/mol. The lowest BCUT2D eigenvalue weighted by molar-refractivity contribution is -0.132. The lowest BCUT2D eigenvalue weighted by Crippen LogP contribution is -2.29. The molecule has 146 valence electrons. The molecule has 1 N–H and O–H groups in total. The van der Waals surface area contributed by atoms with E-state index >= 15 is 0 Å². The third-order valence-electron chi connectivity index (χ3n) is 4.84. The van der Waals surface area contributed by atoms with Gasteiger partial charge in [-0.15, -0.1) is 0 Å². The summed E-state index contributed by atoms with van der Waals surface area (Å²) >= 11 is 5.92. The van der Waals surface area contributed by atoms with E-state index in [0.29, 0.717) is 27.4 Å². The average molecular weight is 416 g/mol. The van der Waals surface area contributed by atoms with Gasteiger partial charge >= 0.3 is 0 Å². The van der Waals surface area contributed by atoms with Crippen molar-refractivity contribution in [2.45, 2.75) is 6.04 Å². The molecule has 1 aliphatic heterocycles. The molecular weight excluding hydrogens is 402 g/mol. The van der Waals surface area contributed by atoms with Crippen LogP contribution in [0.15, 0.2) is 78.6 Å². The van der Waals surface area contributed by atoms with Crippen molar-refractivity contribution in [2.24, 2.45) is 0 Å². The first-order chi connectivity index (χ1) is 14.5. The number of ketones is 1. The van der Waals surface area contributed by atoms with E-state index in [1.807, 2.05) is 6.07 Å². The number of nitrogens with zero attached hydrogens (tertiary/aromatic N) is 3. The fourth-order valence-electron chi connectivity index (χ4n) is 3.41. The van der Waals surface area contributed by atoms with Gasteiger partial charge in [0, 0.05) is 28.7 Å². The van der Waals surface area contributed by atoms with Crippen LogP contribution in [0.1, 0.15) is 22.7 Å². The Morgan fingerprint density at radius 3 is 2.37 bits per heavy atom. The molecule has 0 bridgehead atoms. The Kier molecular flexibility index (Phi) is 5.05. The Bertz CT molecular complexity index is 1200.